The van der Waals surface area contributed by atoms with Crippen LogP contribution in [0.15, 0.2) is 47.1 Å². The fourth-order valence-corrected chi connectivity index (χ4v) is 7.49. The molecule has 2 aliphatic rings. The summed E-state index contributed by atoms with van der Waals surface area (Å²) in [4.78, 5) is 21.8. The summed E-state index contributed by atoms with van der Waals surface area (Å²) in [6.45, 7) is 1.99. The predicted molar refractivity (Wildman–Crippen MR) is 136 cm³/mol. The predicted octanol–water partition coefficient (Wildman–Crippen LogP) is 7.08. The number of nitrogens with zero attached hydrogens (tertiary/aromatic N) is 2. The van der Waals surface area contributed by atoms with Gasteiger partial charge in [-0.1, -0.05) is 29.9 Å². The number of amides is 1. The summed E-state index contributed by atoms with van der Waals surface area (Å²) in [5.41, 5.74) is 1.51. The minimum atomic E-state index is -0.303. The molecule has 1 unspecified atom stereocenters. The highest BCUT2D eigenvalue weighted by atomic mass is 79.9. The SMILES string of the molecule is CC(C(=O)Nc1nc2c(Br)cc(Cl)cc2s1)[C@H]1[C@@H]2C[C@H](Oc3ccnc4ccc(F)cc34)C[C@@H]21. The minimum absolute atomic E-state index is 0.00579. The van der Waals surface area contributed by atoms with Crippen molar-refractivity contribution < 1.29 is 13.9 Å². The third-order valence-electron chi connectivity index (χ3n) is 7.06. The van der Waals surface area contributed by atoms with E-state index in [2.05, 4.69) is 31.2 Å². The first kappa shape index (κ1) is 22.2. The van der Waals surface area contributed by atoms with E-state index in [1.807, 2.05) is 13.0 Å². The largest absolute Gasteiger partial charge is 0.490 e. The summed E-state index contributed by atoms with van der Waals surface area (Å²) in [7, 11) is 0. The van der Waals surface area contributed by atoms with Crippen molar-refractivity contribution in [2.45, 2.75) is 25.9 Å². The third-order valence-corrected chi connectivity index (χ3v) is 8.80. The molecule has 6 rings (SSSR count). The van der Waals surface area contributed by atoms with Crippen molar-refractivity contribution in [3.8, 4) is 5.75 Å². The molecule has 9 heteroatoms. The Morgan fingerprint density at radius 2 is 2.06 bits per heavy atom. The molecule has 2 saturated carbocycles. The molecule has 1 N–H and O–H groups in total. The quantitative estimate of drug-likeness (QED) is 0.283. The Balaban J connectivity index is 1.09. The zero-order valence-electron chi connectivity index (χ0n) is 18.1. The van der Waals surface area contributed by atoms with Gasteiger partial charge in [-0.2, -0.15) is 0 Å². The lowest BCUT2D eigenvalue weighted by Gasteiger charge is -2.20. The Labute approximate surface area is 212 Å². The number of hydrogen-bond acceptors (Lipinski definition) is 5. The van der Waals surface area contributed by atoms with E-state index in [4.69, 9.17) is 16.3 Å². The minimum Gasteiger partial charge on any atom is -0.490 e. The van der Waals surface area contributed by atoms with Crippen LogP contribution >= 0.6 is 38.9 Å². The van der Waals surface area contributed by atoms with E-state index in [1.165, 1.54) is 23.5 Å². The molecule has 174 valence electrons. The van der Waals surface area contributed by atoms with E-state index < -0.39 is 0 Å². The highest BCUT2D eigenvalue weighted by Crippen LogP contribution is 2.61. The lowest BCUT2D eigenvalue weighted by atomic mass is 9.97. The van der Waals surface area contributed by atoms with Gasteiger partial charge in [-0.05, 0) is 82.9 Å². The van der Waals surface area contributed by atoms with Crippen LogP contribution in [0.5, 0.6) is 5.75 Å². The summed E-state index contributed by atoms with van der Waals surface area (Å²) in [6, 6.07) is 9.99. The van der Waals surface area contributed by atoms with Crippen molar-refractivity contribution in [1.29, 1.82) is 0 Å². The third kappa shape index (κ3) is 3.95. The Hall–Kier alpha value is -2.29. The van der Waals surface area contributed by atoms with Crippen molar-refractivity contribution in [1.82, 2.24) is 9.97 Å². The molecule has 34 heavy (non-hydrogen) atoms. The number of benzene rings is 2. The number of halogens is 3. The zero-order valence-corrected chi connectivity index (χ0v) is 21.3. The summed E-state index contributed by atoms with van der Waals surface area (Å²) in [6.07, 6.45) is 3.56. The molecule has 5 nitrogen and oxygen atoms in total. The summed E-state index contributed by atoms with van der Waals surface area (Å²) < 4.78 is 21.7. The van der Waals surface area contributed by atoms with Gasteiger partial charge in [0.25, 0.3) is 0 Å². The molecule has 0 bridgehead atoms. The number of carbonyl (C=O) groups excluding carboxylic acids is 1. The number of fused-ring (bicyclic) bond motifs is 3. The first-order valence-electron chi connectivity index (χ1n) is 11.1. The number of carbonyl (C=O) groups is 1. The Morgan fingerprint density at radius 3 is 2.85 bits per heavy atom. The van der Waals surface area contributed by atoms with Crippen molar-refractivity contribution in [2.75, 3.05) is 5.32 Å². The van der Waals surface area contributed by atoms with E-state index >= 15 is 0 Å². The van der Waals surface area contributed by atoms with Gasteiger partial charge < -0.3 is 10.1 Å². The summed E-state index contributed by atoms with van der Waals surface area (Å²) in [5, 5.41) is 4.90. The number of pyridine rings is 1. The number of rotatable bonds is 5. The van der Waals surface area contributed by atoms with Crippen molar-refractivity contribution in [3.63, 3.8) is 0 Å². The topological polar surface area (TPSA) is 64.1 Å². The molecule has 2 fully saturated rings. The zero-order chi connectivity index (χ0) is 23.6. The smallest absolute Gasteiger partial charge is 0.229 e. The lowest BCUT2D eigenvalue weighted by molar-refractivity contribution is -0.120. The van der Waals surface area contributed by atoms with Gasteiger partial charge in [0.1, 0.15) is 11.6 Å². The maximum atomic E-state index is 13.7. The fourth-order valence-electron chi connectivity index (χ4n) is 5.46. The standard InChI is InChI=1S/C25H20BrClFN3O2S/c1-11(24(32)31-25-30-23-18(26)6-12(27)7-21(23)34-25)22-15-9-14(10-16(15)22)33-20-4-5-29-19-3-2-13(28)8-17(19)20/h2-8,11,14-16,22H,9-10H2,1H3,(H,30,31,32)/t11?,14-,15+,16-,22-. The second-order valence-corrected chi connectivity index (χ2v) is 11.4. The molecule has 0 saturated heterocycles. The normalized spacial score (nSPS) is 24.2. The number of thiazole rings is 1. The molecule has 2 aromatic carbocycles. The number of ether oxygens (including phenoxy) is 1. The Kier molecular flexibility index (Phi) is 5.50. The summed E-state index contributed by atoms with van der Waals surface area (Å²) in [5.74, 6) is 1.54. The van der Waals surface area contributed by atoms with Gasteiger partial charge in [0, 0.05) is 27.0 Å². The van der Waals surface area contributed by atoms with E-state index in [9.17, 15) is 9.18 Å². The second-order valence-electron chi connectivity index (χ2n) is 9.12. The number of anilines is 1. The van der Waals surface area contributed by atoms with Crippen LogP contribution in [0.25, 0.3) is 21.1 Å². The molecule has 0 radical (unpaired) electrons. The first-order valence-corrected chi connectivity index (χ1v) is 13.1. The Morgan fingerprint density at radius 1 is 1.26 bits per heavy atom. The molecule has 2 aliphatic carbocycles. The van der Waals surface area contributed by atoms with E-state index in [-0.39, 0.29) is 23.7 Å². The van der Waals surface area contributed by atoms with E-state index in [0.717, 1.165) is 33.0 Å². The van der Waals surface area contributed by atoms with Gasteiger partial charge in [-0.3, -0.25) is 9.78 Å². The molecular formula is C25H20BrClFN3O2S. The van der Waals surface area contributed by atoms with E-state index in [1.54, 1.807) is 24.4 Å². The highest BCUT2D eigenvalue weighted by molar-refractivity contribution is 9.10. The summed E-state index contributed by atoms with van der Waals surface area (Å²) >= 11 is 11.0. The molecule has 1 amide bonds. The maximum absolute atomic E-state index is 13.7. The van der Waals surface area contributed by atoms with Gasteiger partial charge in [-0.25, -0.2) is 9.37 Å². The second kappa shape index (κ2) is 8.43. The van der Waals surface area contributed by atoms with Gasteiger partial charge in [-0.15, -0.1) is 0 Å². The van der Waals surface area contributed by atoms with Crippen LogP contribution in [0.4, 0.5) is 9.52 Å². The van der Waals surface area contributed by atoms with Crippen LogP contribution in [0.3, 0.4) is 0 Å². The number of hydrogen-bond donors (Lipinski definition) is 1. The Bertz CT molecular complexity index is 1430. The fraction of sp³-hybridized carbons (Fsp3) is 0.320. The van der Waals surface area contributed by atoms with Crippen LogP contribution in [-0.2, 0) is 4.79 Å². The molecule has 2 aromatic heterocycles. The van der Waals surface area contributed by atoms with Crippen LogP contribution in [-0.4, -0.2) is 22.0 Å². The lowest BCUT2D eigenvalue weighted by Crippen LogP contribution is -2.25. The van der Waals surface area contributed by atoms with Gasteiger partial charge >= 0.3 is 0 Å². The molecule has 2 heterocycles. The van der Waals surface area contributed by atoms with Gasteiger partial charge in [0.05, 0.1) is 21.8 Å². The molecule has 0 aliphatic heterocycles. The first-order chi connectivity index (χ1) is 16.4. The average molecular weight is 561 g/mol. The van der Waals surface area contributed by atoms with Gasteiger partial charge in [0.15, 0.2) is 5.13 Å². The van der Waals surface area contributed by atoms with E-state index in [0.29, 0.717) is 39.0 Å². The van der Waals surface area contributed by atoms with Crippen molar-refractivity contribution in [3.05, 3.63) is 57.9 Å². The number of nitrogens with one attached hydrogen (secondary N) is 1. The molecular weight excluding hydrogens is 541 g/mol. The maximum Gasteiger partial charge on any atom is 0.229 e. The van der Waals surface area contributed by atoms with Crippen molar-refractivity contribution in [2.24, 2.45) is 23.7 Å². The van der Waals surface area contributed by atoms with Crippen LogP contribution < -0.4 is 10.1 Å². The van der Waals surface area contributed by atoms with Crippen LogP contribution in [0, 0.1) is 29.5 Å². The number of aromatic nitrogens is 2. The van der Waals surface area contributed by atoms with Crippen LogP contribution in [0.2, 0.25) is 5.02 Å². The van der Waals surface area contributed by atoms with Crippen molar-refractivity contribution >= 4 is 71.0 Å². The van der Waals surface area contributed by atoms with Gasteiger partial charge in [0.2, 0.25) is 5.91 Å². The molecule has 4 aromatic rings. The molecule has 5 atom stereocenters. The average Bonchev–Trinajstić information content (AvgIpc) is 3.10. The van der Waals surface area contributed by atoms with Crippen LogP contribution in [0.1, 0.15) is 19.8 Å². The highest BCUT2D eigenvalue weighted by Gasteiger charge is 2.59. The monoisotopic (exact) mass is 559 g/mol. The molecule has 0 spiro atoms.